The van der Waals surface area contributed by atoms with Crippen LogP contribution in [0.2, 0.25) is 0 Å². The molecule has 0 spiro atoms. The first-order valence-corrected chi connectivity index (χ1v) is 8.60. The van der Waals surface area contributed by atoms with Gasteiger partial charge in [-0.05, 0) is 25.1 Å². The van der Waals surface area contributed by atoms with Crippen molar-refractivity contribution < 1.29 is 22.7 Å². The molecule has 11 heteroatoms. The largest absolute Gasteiger partial charge is 0.450 e. The third-order valence-corrected chi connectivity index (χ3v) is 4.36. The molecule has 0 aliphatic carbocycles. The van der Waals surface area contributed by atoms with E-state index >= 15 is 0 Å². The zero-order chi connectivity index (χ0) is 20.8. The SMILES string of the molecule is CCOC(=O)Nc1nc(=O)c2cnn3c2n1CC=C3c1cccc(C(F)(F)F)c1. The van der Waals surface area contributed by atoms with E-state index in [0.717, 1.165) is 12.1 Å². The summed E-state index contributed by atoms with van der Waals surface area (Å²) in [5.74, 6) is -0.0398. The van der Waals surface area contributed by atoms with Gasteiger partial charge in [-0.15, -0.1) is 0 Å². The Morgan fingerprint density at radius 1 is 1.34 bits per heavy atom. The maximum atomic E-state index is 13.1. The number of carbonyl (C=O) groups excluding carboxylic acids is 1. The summed E-state index contributed by atoms with van der Waals surface area (Å²) < 4.78 is 46.9. The van der Waals surface area contributed by atoms with Crippen molar-refractivity contribution in [2.45, 2.75) is 19.6 Å². The van der Waals surface area contributed by atoms with E-state index in [9.17, 15) is 22.8 Å². The van der Waals surface area contributed by atoms with Crippen LogP contribution >= 0.6 is 0 Å². The number of benzene rings is 1. The fourth-order valence-electron chi connectivity index (χ4n) is 3.13. The second-order valence-electron chi connectivity index (χ2n) is 6.16. The molecule has 2 aromatic heterocycles. The molecule has 1 aliphatic rings. The number of rotatable bonds is 3. The smallest absolute Gasteiger partial charge is 0.416 e. The monoisotopic (exact) mass is 405 g/mol. The highest BCUT2D eigenvalue weighted by Crippen LogP contribution is 2.33. The molecule has 0 saturated heterocycles. The zero-order valence-corrected chi connectivity index (χ0v) is 15.0. The van der Waals surface area contributed by atoms with Gasteiger partial charge in [-0.2, -0.15) is 23.3 Å². The molecule has 3 aromatic rings. The van der Waals surface area contributed by atoms with Gasteiger partial charge in [0, 0.05) is 12.1 Å². The lowest BCUT2D eigenvalue weighted by atomic mass is 10.1. The van der Waals surface area contributed by atoms with E-state index in [0.29, 0.717) is 16.9 Å². The first kappa shape index (κ1) is 18.7. The second kappa shape index (κ2) is 6.76. The van der Waals surface area contributed by atoms with E-state index in [-0.39, 0.29) is 24.5 Å². The molecular formula is C18H14F3N5O3. The van der Waals surface area contributed by atoms with Gasteiger partial charge in [-0.3, -0.25) is 14.7 Å². The number of ether oxygens (including phenoxy) is 1. The highest BCUT2D eigenvalue weighted by atomic mass is 19.4. The van der Waals surface area contributed by atoms with Gasteiger partial charge in [0.15, 0.2) is 5.65 Å². The van der Waals surface area contributed by atoms with Crippen molar-refractivity contribution in [3.05, 3.63) is 58.0 Å². The van der Waals surface area contributed by atoms with E-state index in [1.807, 2.05) is 0 Å². The van der Waals surface area contributed by atoms with Gasteiger partial charge in [0.25, 0.3) is 5.56 Å². The summed E-state index contributed by atoms with van der Waals surface area (Å²) >= 11 is 0. The van der Waals surface area contributed by atoms with Gasteiger partial charge in [0.05, 0.1) is 24.1 Å². The summed E-state index contributed by atoms with van der Waals surface area (Å²) in [6.45, 7) is 1.92. The molecule has 0 unspecified atom stereocenters. The van der Waals surface area contributed by atoms with Crippen LogP contribution in [0.4, 0.5) is 23.9 Å². The van der Waals surface area contributed by atoms with Crippen LogP contribution in [-0.4, -0.2) is 32.0 Å². The van der Waals surface area contributed by atoms with Gasteiger partial charge in [-0.25, -0.2) is 9.48 Å². The topological polar surface area (TPSA) is 91.0 Å². The van der Waals surface area contributed by atoms with E-state index in [2.05, 4.69) is 15.4 Å². The third kappa shape index (κ3) is 3.24. The summed E-state index contributed by atoms with van der Waals surface area (Å²) in [5.41, 5.74) is -0.424. The molecule has 0 saturated carbocycles. The summed E-state index contributed by atoms with van der Waals surface area (Å²) in [6, 6.07) is 4.84. The molecule has 0 atom stereocenters. The van der Waals surface area contributed by atoms with Crippen molar-refractivity contribution in [1.82, 2.24) is 19.3 Å². The van der Waals surface area contributed by atoms with Crippen molar-refractivity contribution >= 4 is 28.8 Å². The van der Waals surface area contributed by atoms with Crippen LogP contribution in [0, 0.1) is 0 Å². The third-order valence-electron chi connectivity index (χ3n) is 4.36. The minimum absolute atomic E-state index is 0.0398. The van der Waals surface area contributed by atoms with Gasteiger partial charge in [-0.1, -0.05) is 12.1 Å². The number of hydrogen-bond donors (Lipinski definition) is 1. The van der Waals surface area contributed by atoms with Crippen molar-refractivity contribution in [2.24, 2.45) is 0 Å². The molecular weight excluding hydrogens is 391 g/mol. The van der Waals surface area contributed by atoms with Gasteiger partial charge in [0.2, 0.25) is 5.95 Å². The molecule has 1 N–H and O–H groups in total. The Labute approximate surface area is 161 Å². The number of carbonyl (C=O) groups is 1. The molecule has 0 fully saturated rings. The van der Waals surface area contributed by atoms with Crippen molar-refractivity contribution in [3.8, 4) is 0 Å². The first-order valence-electron chi connectivity index (χ1n) is 8.60. The molecule has 4 rings (SSSR count). The number of nitrogens with one attached hydrogen (secondary N) is 1. The lowest BCUT2D eigenvalue weighted by Crippen LogP contribution is -2.25. The molecule has 0 radical (unpaired) electrons. The first-order chi connectivity index (χ1) is 13.8. The second-order valence-corrected chi connectivity index (χ2v) is 6.16. The fraction of sp³-hybridized carbons (Fsp3) is 0.222. The lowest BCUT2D eigenvalue weighted by Gasteiger charge is -2.21. The summed E-state index contributed by atoms with van der Waals surface area (Å²) in [4.78, 5) is 27.9. The van der Waals surface area contributed by atoms with Crippen molar-refractivity contribution in [3.63, 3.8) is 0 Å². The van der Waals surface area contributed by atoms with Gasteiger partial charge in [0.1, 0.15) is 5.39 Å². The van der Waals surface area contributed by atoms with Crippen LogP contribution in [-0.2, 0) is 17.5 Å². The number of allylic oxidation sites excluding steroid dienone is 1. The number of nitrogens with zero attached hydrogens (tertiary/aromatic N) is 4. The minimum Gasteiger partial charge on any atom is -0.450 e. The maximum absolute atomic E-state index is 13.1. The van der Waals surface area contributed by atoms with Crippen LogP contribution in [0.15, 0.2) is 41.3 Å². The maximum Gasteiger partial charge on any atom is 0.416 e. The molecule has 150 valence electrons. The van der Waals surface area contributed by atoms with E-state index in [4.69, 9.17) is 4.74 Å². The predicted molar refractivity (Wildman–Crippen MR) is 97.3 cm³/mol. The molecule has 1 aliphatic heterocycles. The van der Waals surface area contributed by atoms with Crippen LogP contribution in [0.3, 0.4) is 0 Å². The zero-order valence-electron chi connectivity index (χ0n) is 15.0. The summed E-state index contributed by atoms with van der Waals surface area (Å²) in [6.07, 6.45) is -2.33. The average molecular weight is 405 g/mol. The van der Waals surface area contributed by atoms with Crippen molar-refractivity contribution in [1.29, 1.82) is 0 Å². The summed E-state index contributed by atoms with van der Waals surface area (Å²) in [7, 11) is 0. The number of amides is 1. The number of hydrogen-bond acceptors (Lipinski definition) is 5. The number of alkyl halides is 3. The number of aromatic nitrogens is 4. The molecule has 29 heavy (non-hydrogen) atoms. The molecule has 8 nitrogen and oxygen atoms in total. The molecule has 3 heterocycles. The van der Waals surface area contributed by atoms with Crippen molar-refractivity contribution in [2.75, 3.05) is 11.9 Å². The van der Waals surface area contributed by atoms with E-state index < -0.39 is 23.4 Å². The standard InChI is InChI=1S/C18H14F3N5O3/c1-2-29-17(28)24-16-23-14(27)12-9-22-26-13(6-7-25(16)15(12)26)10-4-3-5-11(8-10)18(19,20)21/h3-6,8-9H,2,7H2,1H3,(H,23,24,27,28). The fourth-order valence-corrected chi connectivity index (χ4v) is 3.13. The Morgan fingerprint density at radius 3 is 2.86 bits per heavy atom. The Balaban J connectivity index is 1.83. The lowest BCUT2D eigenvalue weighted by molar-refractivity contribution is -0.137. The molecule has 1 aromatic carbocycles. The van der Waals surface area contributed by atoms with E-state index in [1.165, 1.54) is 27.6 Å². The molecule has 1 amide bonds. The van der Waals surface area contributed by atoms with Gasteiger partial charge >= 0.3 is 12.3 Å². The highest BCUT2D eigenvalue weighted by molar-refractivity contribution is 5.87. The van der Waals surface area contributed by atoms with Crippen LogP contribution in [0.1, 0.15) is 18.1 Å². The van der Waals surface area contributed by atoms with Crippen LogP contribution in [0.5, 0.6) is 0 Å². The number of halogens is 3. The average Bonchev–Trinajstić information content (AvgIpc) is 3.11. The van der Waals surface area contributed by atoms with Gasteiger partial charge < -0.3 is 4.74 Å². The Hall–Kier alpha value is -3.63. The minimum atomic E-state index is -4.49. The highest BCUT2D eigenvalue weighted by Gasteiger charge is 2.31. The van der Waals surface area contributed by atoms with Crippen LogP contribution in [0.25, 0.3) is 16.7 Å². The summed E-state index contributed by atoms with van der Waals surface area (Å²) in [5, 5.41) is 6.73. The van der Waals surface area contributed by atoms with Crippen LogP contribution < -0.4 is 10.9 Å². The molecule has 0 bridgehead atoms. The predicted octanol–water partition coefficient (Wildman–Crippen LogP) is 3.08. The quantitative estimate of drug-likeness (QED) is 0.723. The Morgan fingerprint density at radius 2 is 2.14 bits per heavy atom. The Bertz CT molecular complexity index is 1210. The van der Waals surface area contributed by atoms with E-state index in [1.54, 1.807) is 13.0 Å². The normalized spacial score (nSPS) is 13.3. The Kier molecular flexibility index (Phi) is 4.36. The number of anilines is 1.